The van der Waals surface area contributed by atoms with Crippen LogP contribution in [0.5, 0.6) is 0 Å². The maximum atomic E-state index is 11.6. The fraction of sp³-hybridized carbons (Fsp3) is 0.286. The van der Waals surface area contributed by atoms with Crippen LogP contribution in [-0.2, 0) is 17.8 Å². The Labute approximate surface area is 117 Å². The van der Waals surface area contributed by atoms with Gasteiger partial charge in [0.25, 0.3) is 5.56 Å². The molecule has 6 heteroatoms. The largest absolute Gasteiger partial charge is 0.383 e. The summed E-state index contributed by atoms with van der Waals surface area (Å²) in [5.74, 6) is 0. The summed E-state index contributed by atoms with van der Waals surface area (Å²) in [6.07, 6.45) is 7.09. The molecule has 0 fully saturated rings. The van der Waals surface area contributed by atoms with Gasteiger partial charge in [-0.15, -0.1) is 0 Å². The van der Waals surface area contributed by atoms with Gasteiger partial charge >= 0.3 is 0 Å². The molecule has 106 valence electrons. The number of hydrogen-bond donors (Lipinski definition) is 1. The van der Waals surface area contributed by atoms with E-state index in [1.807, 2.05) is 6.20 Å². The van der Waals surface area contributed by atoms with Gasteiger partial charge in [0, 0.05) is 50.4 Å². The summed E-state index contributed by atoms with van der Waals surface area (Å²) in [7, 11) is 1.62. The Morgan fingerprint density at radius 3 is 3.00 bits per heavy atom. The predicted octanol–water partition coefficient (Wildman–Crippen LogP) is 1.40. The summed E-state index contributed by atoms with van der Waals surface area (Å²) in [6, 6.07) is 3.31. The van der Waals surface area contributed by atoms with E-state index in [0.717, 1.165) is 11.3 Å². The highest BCUT2D eigenvalue weighted by Gasteiger charge is 2.00. The van der Waals surface area contributed by atoms with Crippen molar-refractivity contribution < 1.29 is 4.74 Å². The fourth-order valence-electron chi connectivity index (χ4n) is 1.77. The van der Waals surface area contributed by atoms with Gasteiger partial charge in [-0.25, -0.2) is 4.68 Å². The van der Waals surface area contributed by atoms with Crippen LogP contribution < -0.4 is 10.9 Å². The molecule has 0 unspecified atom stereocenters. The van der Waals surface area contributed by atoms with Crippen molar-refractivity contribution in [3.8, 4) is 0 Å². The van der Waals surface area contributed by atoms with E-state index in [1.165, 1.54) is 0 Å². The average Bonchev–Trinajstić information content (AvgIpc) is 2.93. The van der Waals surface area contributed by atoms with Crippen LogP contribution in [0.2, 0.25) is 0 Å². The SMILES string of the molecule is C=Cn1cc(CNc2ccc(=O)n(CCOC)c2)cn1. The van der Waals surface area contributed by atoms with Crippen LogP contribution >= 0.6 is 0 Å². The minimum atomic E-state index is -0.0351. The molecule has 1 N–H and O–H groups in total. The summed E-state index contributed by atoms with van der Waals surface area (Å²) < 4.78 is 8.26. The zero-order valence-electron chi connectivity index (χ0n) is 11.5. The first-order valence-electron chi connectivity index (χ1n) is 6.32. The molecule has 0 spiro atoms. The first kappa shape index (κ1) is 14.1. The number of nitrogens with zero attached hydrogens (tertiary/aromatic N) is 3. The van der Waals surface area contributed by atoms with Crippen LogP contribution in [0.1, 0.15) is 5.56 Å². The molecule has 2 aromatic heterocycles. The molecule has 0 radical (unpaired) electrons. The molecule has 0 saturated carbocycles. The van der Waals surface area contributed by atoms with Crippen molar-refractivity contribution in [3.63, 3.8) is 0 Å². The van der Waals surface area contributed by atoms with Gasteiger partial charge < -0.3 is 14.6 Å². The molecule has 0 amide bonds. The lowest BCUT2D eigenvalue weighted by Gasteiger charge is -2.09. The van der Waals surface area contributed by atoms with Gasteiger partial charge in [-0.1, -0.05) is 6.58 Å². The Bertz CT molecular complexity index is 630. The molecule has 0 aliphatic rings. The number of ether oxygens (including phenoxy) is 1. The standard InChI is InChI=1S/C14H18N4O2/c1-3-18-10-12(9-16-18)8-15-13-4-5-14(19)17(11-13)6-7-20-2/h3-5,9-11,15H,1,6-8H2,2H3. The van der Waals surface area contributed by atoms with Gasteiger partial charge in [0.15, 0.2) is 0 Å². The number of aromatic nitrogens is 3. The van der Waals surface area contributed by atoms with Gasteiger partial charge in [-0.05, 0) is 6.07 Å². The Balaban J connectivity index is 2.01. The molecule has 2 rings (SSSR count). The first-order valence-corrected chi connectivity index (χ1v) is 6.32. The van der Waals surface area contributed by atoms with Crippen molar-refractivity contribution in [2.45, 2.75) is 13.1 Å². The van der Waals surface area contributed by atoms with E-state index in [-0.39, 0.29) is 5.56 Å². The molecule has 0 bridgehead atoms. The van der Waals surface area contributed by atoms with Crippen LogP contribution in [0.15, 0.2) is 42.1 Å². The van der Waals surface area contributed by atoms with Crippen LogP contribution in [-0.4, -0.2) is 28.1 Å². The summed E-state index contributed by atoms with van der Waals surface area (Å²) in [5.41, 5.74) is 1.89. The van der Waals surface area contributed by atoms with Crippen LogP contribution in [0.25, 0.3) is 6.20 Å². The van der Waals surface area contributed by atoms with Crippen molar-refractivity contribution in [1.29, 1.82) is 0 Å². The Kier molecular flexibility index (Phi) is 4.73. The van der Waals surface area contributed by atoms with Crippen molar-refractivity contribution in [2.75, 3.05) is 19.0 Å². The number of hydrogen-bond acceptors (Lipinski definition) is 4. The van der Waals surface area contributed by atoms with E-state index in [0.29, 0.717) is 19.7 Å². The molecular weight excluding hydrogens is 256 g/mol. The molecule has 0 saturated heterocycles. The zero-order valence-corrected chi connectivity index (χ0v) is 11.5. The highest BCUT2D eigenvalue weighted by molar-refractivity contribution is 5.41. The number of pyridine rings is 1. The lowest BCUT2D eigenvalue weighted by atomic mass is 10.3. The number of anilines is 1. The zero-order chi connectivity index (χ0) is 14.4. The van der Waals surface area contributed by atoms with Crippen LogP contribution in [0.4, 0.5) is 5.69 Å². The fourth-order valence-corrected chi connectivity index (χ4v) is 1.77. The number of methoxy groups -OCH3 is 1. The maximum absolute atomic E-state index is 11.6. The molecule has 0 aliphatic carbocycles. The van der Waals surface area contributed by atoms with Crippen molar-refractivity contribution in [3.05, 3.63) is 53.2 Å². The normalized spacial score (nSPS) is 10.4. The Hall–Kier alpha value is -2.34. The maximum Gasteiger partial charge on any atom is 0.250 e. The minimum absolute atomic E-state index is 0.0351. The third-order valence-electron chi connectivity index (χ3n) is 2.86. The van der Waals surface area contributed by atoms with E-state index >= 15 is 0 Å². The van der Waals surface area contributed by atoms with E-state index in [1.54, 1.807) is 47.1 Å². The second kappa shape index (κ2) is 6.72. The predicted molar refractivity (Wildman–Crippen MR) is 78.5 cm³/mol. The quantitative estimate of drug-likeness (QED) is 0.829. The Morgan fingerprint density at radius 1 is 1.45 bits per heavy atom. The third kappa shape index (κ3) is 3.58. The molecule has 0 aromatic carbocycles. The average molecular weight is 274 g/mol. The lowest BCUT2D eigenvalue weighted by Crippen LogP contribution is -2.21. The third-order valence-corrected chi connectivity index (χ3v) is 2.86. The van der Waals surface area contributed by atoms with E-state index in [2.05, 4.69) is 17.0 Å². The molecule has 0 atom stereocenters. The molecule has 6 nitrogen and oxygen atoms in total. The molecule has 2 heterocycles. The van der Waals surface area contributed by atoms with Gasteiger partial charge in [-0.3, -0.25) is 4.79 Å². The summed E-state index contributed by atoms with van der Waals surface area (Å²) in [6.45, 7) is 5.33. The minimum Gasteiger partial charge on any atom is -0.383 e. The molecule has 0 aliphatic heterocycles. The van der Waals surface area contributed by atoms with E-state index in [4.69, 9.17) is 4.74 Å². The molecule has 2 aromatic rings. The second-order valence-electron chi connectivity index (χ2n) is 4.31. The van der Waals surface area contributed by atoms with Crippen LogP contribution in [0.3, 0.4) is 0 Å². The monoisotopic (exact) mass is 274 g/mol. The lowest BCUT2D eigenvalue weighted by molar-refractivity contribution is 0.186. The van der Waals surface area contributed by atoms with Crippen LogP contribution in [0, 0.1) is 0 Å². The van der Waals surface area contributed by atoms with Gasteiger partial charge in [-0.2, -0.15) is 5.10 Å². The number of nitrogens with one attached hydrogen (secondary N) is 1. The topological polar surface area (TPSA) is 61.1 Å². The summed E-state index contributed by atoms with van der Waals surface area (Å²) >= 11 is 0. The highest BCUT2D eigenvalue weighted by Crippen LogP contribution is 2.07. The highest BCUT2D eigenvalue weighted by atomic mass is 16.5. The summed E-state index contributed by atoms with van der Waals surface area (Å²) in [5, 5.41) is 7.36. The second-order valence-corrected chi connectivity index (χ2v) is 4.31. The van der Waals surface area contributed by atoms with Gasteiger partial charge in [0.05, 0.1) is 18.5 Å². The number of rotatable bonds is 7. The van der Waals surface area contributed by atoms with E-state index in [9.17, 15) is 4.79 Å². The van der Waals surface area contributed by atoms with Gasteiger partial charge in [0.2, 0.25) is 0 Å². The molecule has 20 heavy (non-hydrogen) atoms. The Morgan fingerprint density at radius 2 is 2.30 bits per heavy atom. The van der Waals surface area contributed by atoms with Crippen molar-refractivity contribution in [2.24, 2.45) is 0 Å². The van der Waals surface area contributed by atoms with E-state index < -0.39 is 0 Å². The van der Waals surface area contributed by atoms with Gasteiger partial charge in [0.1, 0.15) is 0 Å². The molecular formula is C14H18N4O2. The summed E-state index contributed by atoms with van der Waals surface area (Å²) in [4.78, 5) is 11.6. The van der Waals surface area contributed by atoms with Crippen molar-refractivity contribution in [1.82, 2.24) is 14.3 Å². The first-order chi connectivity index (χ1) is 9.72. The van der Waals surface area contributed by atoms with Crippen molar-refractivity contribution >= 4 is 11.9 Å². The smallest absolute Gasteiger partial charge is 0.250 e.